The Hall–Kier alpha value is -2.43. The van der Waals surface area contributed by atoms with Crippen LogP contribution in [-0.4, -0.2) is 15.9 Å². The number of anilines is 1. The quantitative estimate of drug-likeness (QED) is 0.909. The van der Waals surface area contributed by atoms with E-state index in [0.717, 1.165) is 36.8 Å². The molecule has 1 amide bonds. The van der Waals surface area contributed by atoms with E-state index in [1.165, 1.54) is 0 Å². The second-order valence-corrected chi connectivity index (χ2v) is 5.34. The zero-order valence-electron chi connectivity index (χ0n) is 11.6. The number of nitrogens with zero attached hydrogens (tertiary/aromatic N) is 1. The molecule has 1 aliphatic carbocycles. The fourth-order valence-electron chi connectivity index (χ4n) is 2.71. The Kier molecular flexibility index (Phi) is 3.81. The van der Waals surface area contributed by atoms with E-state index in [4.69, 9.17) is 0 Å². The average Bonchev–Trinajstić information content (AvgIpc) is 3.05. The van der Waals surface area contributed by atoms with Crippen molar-refractivity contribution < 1.29 is 4.79 Å². The van der Waals surface area contributed by atoms with Gasteiger partial charge in [-0.2, -0.15) is 0 Å². The highest BCUT2D eigenvalue weighted by Gasteiger charge is 2.23. The van der Waals surface area contributed by atoms with Gasteiger partial charge >= 0.3 is 0 Å². The van der Waals surface area contributed by atoms with Crippen LogP contribution in [0.3, 0.4) is 0 Å². The highest BCUT2D eigenvalue weighted by Crippen LogP contribution is 2.26. The van der Waals surface area contributed by atoms with Gasteiger partial charge in [0, 0.05) is 30.1 Å². The van der Waals surface area contributed by atoms with Crippen molar-refractivity contribution in [2.24, 2.45) is 5.92 Å². The minimum Gasteiger partial charge on any atom is -0.327 e. The van der Waals surface area contributed by atoms with Crippen molar-refractivity contribution in [1.29, 1.82) is 0 Å². The average molecular weight is 283 g/mol. The molecule has 5 heteroatoms. The number of nitrogens with one attached hydrogen (secondary N) is 2. The zero-order chi connectivity index (χ0) is 14.7. The molecule has 0 unspecified atom stereocenters. The van der Waals surface area contributed by atoms with Crippen molar-refractivity contribution in [2.45, 2.75) is 25.7 Å². The van der Waals surface area contributed by atoms with Gasteiger partial charge in [0.1, 0.15) is 5.69 Å². The summed E-state index contributed by atoms with van der Waals surface area (Å²) in [6.07, 6.45) is 9.02. The molecule has 0 saturated heterocycles. The fraction of sp³-hybridized carbons (Fsp3) is 0.312. The zero-order valence-corrected chi connectivity index (χ0v) is 11.6. The maximum Gasteiger partial charge on any atom is 0.271 e. The van der Waals surface area contributed by atoms with Crippen molar-refractivity contribution in [1.82, 2.24) is 9.97 Å². The van der Waals surface area contributed by atoms with Crippen molar-refractivity contribution in [2.75, 3.05) is 5.32 Å². The van der Waals surface area contributed by atoms with Crippen LogP contribution in [0.15, 0.2) is 41.6 Å². The van der Waals surface area contributed by atoms with Crippen LogP contribution in [0.4, 0.5) is 5.69 Å². The molecule has 3 rings (SSSR count). The SMILES string of the molecule is O=C(Nc1cc(-c2ccncc2)c[nH]c1=O)C1CCCC1. The molecule has 2 aromatic heterocycles. The van der Waals surface area contributed by atoms with E-state index < -0.39 is 0 Å². The van der Waals surface area contributed by atoms with Gasteiger partial charge in [0.25, 0.3) is 5.56 Å². The van der Waals surface area contributed by atoms with Crippen molar-refractivity contribution >= 4 is 11.6 Å². The molecule has 0 radical (unpaired) electrons. The Labute approximate surface area is 122 Å². The molecule has 0 bridgehead atoms. The number of amides is 1. The first kappa shape index (κ1) is 13.5. The van der Waals surface area contributed by atoms with Crippen LogP contribution in [0.1, 0.15) is 25.7 Å². The maximum absolute atomic E-state index is 12.1. The lowest BCUT2D eigenvalue weighted by Gasteiger charge is -2.10. The molecule has 2 N–H and O–H groups in total. The second-order valence-electron chi connectivity index (χ2n) is 5.34. The summed E-state index contributed by atoms with van der Waals surface area (Å²) in [7, 11) is 0. The van der Waals surface area contributed by atoms with E-state index in [-0.39, 0.29) is 17.4 Å². The highest BCUT2D eigenvalue weighted by atomic mass is 16.2. The number of hydrogen-bond acceptors (Lipinski definition) is 3. The van der Waals surface area contributed by atoms with Crippen molar-refractivity contribution in [3.8, 4) is 11.1 Å². The molecule has 21 heavy (non-hydrogen) atoms. The van der Waals surface area contributed by atoms with Gasteiger partial charge in [-0.1, -0.05) is 12.8 Å². The van der Waals surface area contributed by atoms with Crippen LogP contribution < -0.4 is 10.9 Å². The lowest BCUT2D eigenvalue weighted by molar-refractivity contribution is -0.119. The highest BCUT2D eigenvalue weighted by molar-refractivity contribution is 5.93. The van der Waals surface area contributed by atoms with E-state index in [1.807, 2.05) is 12.1 Å². The smallest absolute Gasteiger partial charge is 0.271 e. The van der Waals surface area contributed by atoms with Gasteiger partial charge in [0.2, 0.25) is 5.91 Å². The Bertz CT molecular complexity index is 688. The van der Waals surface area contributed by atoms with Gasteiger partial charge in [-0.05, 0) is 36.6 Å². The number of pyridine rings is 2. The minimum atomic E-state index is -0.279. The first-order valence-electron chi connectivity index (χ1n) is 7.18. The van der Waals surface area contributed by atoms with Crippen LogP contribution in [0.5, 0.6) is 0 Å². The third-order valence-electron chi connectivity index (χ3n) is 3.90. The summed E-state index contributed by atoms with van der Waals surface area (Å²) in [4.78, 5) is 30.7. The molecule has 5 nitrogen and oxygen atoms in total. The normalized spacial score (nSPS) is 15.0. The number of aromatic amines is 1. The van der Waals surface area contributed by atoms with Crippen LogP contribution in [-0.2, 0) is 4.79 Å². The Balaban J connectivity index is 1.85. The number of aromatic nitrogens is 2. The summed E-state index contributed by atoms with van der Waals surface area (Å²) < 4.78 is 0. The molecule has 0 atom stereocenters. The number of hydrogen-bond donors (Lipinski definition) is 2. The standard InChI is InChI=1S/C16H17N3O2/c20-15(12-3-1-2-4-12)19-14-9-13(10-18-16(14)21)11-5-7-17-8-6-11/h5-10,12H,1-4H2,(H,18,21)(H,19,20). The third kappa shape index (κ3) is 3.02. The first-order valence-corrected chi connectivity index (χ1v) is 7.18. The van der Waals surface area contributed by atoms with Gasteiger partial charge in [0.05, 0.1) is 0 Å². The molecule has 1 fully saturated rings. The summed E-state index contributed by atoms with van der Waals surface area (Å²) in [5, 5.41) is 2.76. The summed E-state index contributed by atoms with van der Waals surface area (Å²) in [5.41, 5.74) is 1.82. The van der Waals surface area contributed by atoms with Gasteiger partial charge in [-0.3, -0.25) is 14.6 Å². The Morgan fingerprint density at radius 1 is 1.19 bits per heavy atom. The van der Waals surface area contributed by atoms with Gasteiger partial charge in [-0.15, -0.1) is 0 Å². The minimum absolute atomic E-state index is 0.0361. The van der Waals surface area contributed by atoms with Gasteiger partial charge < -0.3 is 10.3 Å². The van der Waals surface area contributed by atoms with Crippen molar-refractivity contribution in [3.63, 3.8) is 0 Å². The first-order chi connectivity index (χ1) is 10.2. The van der Waals surface area contributed by atoms with E-state index in [9.17, 15) is 9.59 Å². The lowest BCUT2D eigenvalue weighted by atomic mass is 10.1. The van der Waals surface area contributed by atoms with Crippen molar-refractivity contribution in [3.05, 3.63) is 47.1 Å². The predicted molar refractivity (Wildman–Crippen MR) is 80.9 cm³/mol. The maximum atomic E-state index is 12.1. The van der Waals surface area contributed by atoms with E-state index in [0.29, 0.717) is 5.69 Å². The number of rotatable bonds is 3. The summed E-state index contributed by atoms with van der Waals surface area (Å²) >= 11 is 0. The summed E-state index contributed by atoms with van der Waals surface area (Å²) in [5.74, 6) is -0.0149. The second kappa shape index (κ2) is 5.91. The van der Waals surface area contributed by atoms with E-state index in [1.54, 1.807) is 24.7 Å². The molecule has 1 aliphatic rings. The largest absolute Gasteiger partial charge is 0.327 e. The van der Waals surface area contributed by atoms with Crippen LogP contribution in [0, 0.1) is 5.92 Å². The lowest BCUT2D eigenvalue weighted by Crippen LogP contribution is -2.24. The Morgan fingerprint density at radius 3 is 2.62 bits per heavy atom. The molecule has 0 aromatic carbocycles. The topological polar surface area (TPSA) is 74.8 Å². The number of carbonyl (C=O) groups is 1. The summed E-state index contributed by atoms with van der Waals surface area (Å²) in [6.45, 7) is 0. The Morgan fingerprint density at radius 2 is 1.90 bits per heavy atom. The fourth-order valence-corrected chi connectivity index (χ4v) is 2.71. The molecule has 0 spiro atoms. The van der Waals surface area contributed by atoms with E-state index >= 15 is 0 Å². The number of H-pyrrole nitrogens is 1. The molecule has 2 aromatic rings. The van der Waals surface area contributed by atoms with Gasteiger partial charge in [0.15, 0.2) is 0 Å². The molecule has 2 heterocycles. The monoisotopic (exact) mass is 283 g/mol. The predicted octanol–water partition coefficient (Wildman–Crippen LogP) is 2.57. The van der Waals surface area contributed by atoms with E-state index in [2.05, 4.69) is 15.3 Å². The molecular formula is C16H17N3O2. The molecule has 0 aliphatic heterocycles. The van der Waals surface area contributed by atoms with Gasteiger partial charge in [-0.25, -0.2) is 0 Å². The molecule has 108 valence electrons. The molecule has 1 saturated carbocycles. The van der Waals surface area contributed by atoms with Crippen LogP contribution in [0.25, 0.3) is 11.1 Å². The molecular weight excluding hydrogens is 266 g/mol. The van der Waals surface area contributed by atoms with Crippen LogP contribution in [0.2, 0.25) is 0 Å². The summed E-state index contributed by atoms with van der Waals surface area (Å²) in [6, 6.07) is 5.42. The van der Waals surface area contributed by atoms with Crippen LogP contribution >= 0.6 is 0 Å². The third-order valence-corrected chi connectivity index (χ3v) is 3.90. The number of carbonyl (C=O) groups excluding carboxylic acids is 1.